The minimum Gasteiger partial charge on any atom is -0.310 e. The molecule has 0 amide bonds. The molecule has 1 aliphatic heterocycles. The molecule has 0 spiro atoms. The van der Waals surface area contributed by atoms with Crippen LogP contribution in [0.25, 0.3) is 0 Å². The van der Waals surface area contributed by atoms with E-state index in [9.17, 15) is 0 Å². The Balaban J connectivity index is 2.41. The summed E-state index contributed by atoms with van der Waals surface area (Å²) in [6.07, 6.45) is 0.909. The Kier molecular flexibility index (Phi) is 1.96. The highest BCUT2D eigenvalue weighted by Gasteiger charge is 2.19. The van der Waals surface area contributed by atoms with Crippen molar-refractivity contribution in [2.75, 3.05) is 6.50 Å². The molecular weight excluding hydrogens is 170 g/mol. The average molecular weight is 192 g/mol. The molecule has 1 nitrogen and oxygen atoms in total. The Morgan fingerprint density at radius 2 is 2.29 bits per heavy atom. The number of rotatable bonds is 2. The summed E-state index contributed by atoms with van der Waals surface area (Å²) in [4.78, 5) is 0. The fourth-order valence-electron chi connectivity index (χ4n) is 1.90. The molecule has 1 unspecified atom stereocenters. The summed E-state index contributed by atoms with van der Waals surface area (Å²) < 4.78 is 23.9. The standard InChI is InChI=1S/C13H19N/c1-10(2)11-6-3-4-7-12(11)13-8-5-9-14-13/h3-4,6-7,10,13-14H,5,8-9H2,1-2H3/i9D2,13D. The Morgan fingerprint density at radius 3 is 2.93 bits per heavy atom. The molecular formula is C13H19N. The molecule has 76 valence electrons. The highest BCUT2D eigenvalue weighted by atomic mass is 14.9. The van der Waals surface area contributed by atoms with E-state index < -0.39 is 12.5 Å². The number of hydrogen-bond donors (Lipinski definition) is 1. The van der Waals surface area contributed by atoms with Crippen LogP contribution < -0.4 is 5.32 Å². The maximum absolute atomic E-state index is 8.46. The summed E-state index contributed by atoms with van der Waals surface area (Å²) in [5.74, 6) is 0.349. The van der Waals surface area contributed by atoms with Crippen LogP contribution in [0.2, 0.25) is 0 Å². The lowest BCUT2D eigenvalue weighted by Gasteiger charge is -2.17. The van der Waals surface area contributed by atoms with Crippen molar-refractivity contribution in [1.29, 1.82) is 0 Å². The molecule has 1 N–H and O–H groups in total. The van der Waals surface area contributed by atoms with E-state index in [1.165, 1.54) is 0 Å². The van der Waals surface area contributed by atoms with Gasteiger partial charge < -0.3 is 5.32 Å². The molecule has 0 aliphatic carbocycles. The zero-order chi connectivity index (χ0) is 12.7. The van der Waals surface area contributed by atoms with E-state index in [2.05, 4.69) is 19.2 Å². The molecule has 1 aliphatic rings. The van der Waals surface area contributed by atoms with Gasteiger partial charge in [-0.25, -0.2) is 0 Å². The largest absolute Gasteiger partial charge is 0.310 e. The van der Waals surface area contributed by atoms with E-state index in [4.69, 9.17) is 4.11 Å². The summed E-state index contributed by atoms with van der Waals surface area (Å²) in [7, 11) is 0. The molecule has 1 aromatic carbocycles. The maximum Gasteiger partial charge on any atom is 0.0516 e. The second-order valence-electron chi connectivity index (χ2n) is 4.02. The van der Waals surface area contributed by atoms with Gasteiger partial charge in [-0.05, 0) is 36.4 Å². The molecule has 1 atom stereocenters. The first-order valence-corrected chi connectivity index (χ1v) is 5.23. The molecule has 1 heterocycles. The van der Waals surface area contributed by atoms with Crippen molar-refractivity contribution in [2.24, 2.45) is 0 Å². The van der Waals surface area contributed by atoms with E-state index in [0.717, 1.165) is 11.1 Å². The monoisotopic (exact) mass is 192 g/mol. The van der Waals surface area contributed by atoms with Gasteiger partial charge in [0.05, 0.1) is 1.37 Å². The Bertz CT molecular complexity index is 417. The molecule has 1 fully saturated rings. The summed E-state index contributed by atoms with van der Waals surface area (Å²) in [6, 6.07) is 6.89. The molecule has 1 aromatic rings. The molecule has 0 saturated carbocycles. The van der Waals surface area contributed by atoms with Crippen molar-refractivity contribution in [1.82, 2.24) is 5.32 Å². The summed E-state index contributed by atoms with van der Waals surface area (Å²) in [5.41, 5.74) is 2.05. The first-order chi connectivity index (χ1) is 7.84. The van der Waals surface area contributed by atoms with Gasteiger partial charge in [0.25, 0.3) is 0 Å². The van der Waals surface area contributed by atoms with Gasteiger partial charge in [-0.3, -0.25) is 0 Å². The van der Waals surface area contributed by atoms with E-state index in [0.29, 0.717) is 18.8 Å². The summed E-state index contributed by atoms with van der Waals surface area (Å²) in [6.45, 7) is 2.78. The highest BCUT2D eigenvalue weighted by molar-refractivity contribution is 5.32. The van der Waals surface area contributed by atoms with Crippen LogP contribution in [0.5, 0.6) is 0 Å². The van der Waals surface area contributed by atoms with Crippen LogP contribution in [-0.4, -0.2) is 6.50 Å². The number of hydrogen-bond acceptors (Lipinski definition) is 1. The predicted molar refractivity (Wildman–Crippen MR) is 60.5 cm³/mol. The fraction of sp³-hybridized carbons (Fsp3) is 0.538. The molecule has 1 saturated heterocycles. The van der Waals surface area contributed by atoms with Crippen molar-refractivity contribution in [2.45, 2.75) is 38.6 Å². The smallest absolute Gasteiger partial charge is 0.0516 e. The molecule has 0 aromatic heterocycles. The van der Waals surface area contributed by atoms with Crippen LogP contribution >= 0.6 is 0 Å². The quantitative estimate of drug-likeness (QED) is 0.758. The van der Waals surface area contributed by atoms with Gasteiger partial charge in [-0.15, -0.1) is 0 Å². The Labute approximate surface area is 90.7 Å². The minimum atomic E-state index is -1.42. The van der Waals surface area contributed by atoms with E-state index in [1.807, 2.05) is 24.3 Å². The van der Waals surface area contributed by atoms with Crippen LogP contribution in [-0.2, 0) is 0 Å². The van der Waals surface area contributed by atoms with Gasteiger partial charge in [0, 0.05) is 8.76 Å². The van der Waals surface area contributed by atoms with Crippen LogP contribution in [0.4, 0.5) is 0 Å². The summed E-state index contributed by atoms with van der Waals surface area (Å²) in [5, 5.41) is 2.82. The lowest BCUT2D eigenvalue weighted by molar-refractivity contribution is 0.633. The number of nitrogens with one attached hydrogen (secondary N) is 1. The van der Waals surface area contributed by atoms with Gasteiger partial charge in [0.2, 0.25) is 0 Å². The van der Waals surface area contributed by atoms with Crippen molar-refractivity contribution in [3.63, 3.8) is 0 Å². The predicted octanol–water partition coefficient (Wildman–Crippen LogP) is 3.23. The van der Waals surface area contributed by atoms with Crippen LogP contribution in [0.1, 0.15) is 53.9 Å². The van der Waals surface area contributed by atoms with E-state index >= 15 is 0 Å². The van der Waals surface area contributed by atoms with Crippen molar-refractivity contribution < 1.29 is 4.11 Å². The maximum atomic E-state index is 8.46. The fourth-order valence-corrected chi connectivity index (χ4v) is 1.90. The molecule has 0 radical (unpaired) electrons. The van der Waals surface area contributed by atoms with Gasteiger partial charge in [0.15, 0.2) is 0 Å². The van der Waals surface area contributed by atoms with Gasteiger partial charge in [0.1, 0.15) is 0 Å². The van der Waals surface area contributed by atoms with Crippen molar-refractivity contribution >= 4 is 0 Å². The van der Waals surface area contributed by atoms with E-state index in [1.54, 1.807) is 0 Å². The van der Waals surface area contributed by atoms with Crippen LogP contribution in [0.15, 0.2) is 24.3 Å². The molecule has 14 heavy (non-hydrogen) atoms. The highest BCUT2D eigenvalue weighted by Crippen LogP contribution is 2.29. The zero-order valence-electron chi connectivity index (χ0n) is 11.8. The first kappa shape index (κ1) is 6.62. The zero-order valence-corrected chi connectivity index (χ0v) is 8.80. The average Bonchev–Trinajstić information content (AvgIpc) is 2.54. The third-order valence-corrected chi connectivity index (χ3v) is 2.65. The van der Waals surface area contributed by atoms with E-state index in [-0.39, 0.29) is 0 Å². The molecule has 2 rings (SSSR count). The van der Waals surface area contributed by atoms with Crippen LogP contribution in [0, 0.1) is 0 Å². The van der Waals surface area contributed by atoms with Crippen molar-refractivity contribution in [3.8, 4) is 0 Å². The van der Waals surface area contributed by atoms with Crippen LogP contribution in [0.3, 0.4) is 0 Å². The normalized spacial score (nSPS) is 33.8. The third kappa shape index (κ3) is 1.83. The lowest BCUT2D eigenvalue weighted by atomic mass is 9.92. The lowest BCUT2D eigenvalue weighted by Crippen LogP contribution is -2.14. The topological polar surface area (TPSA) is 12.0 Å². The third-order valence-electron chi connectivity index (χ3n) is 2.65. The van der Waals surface area contributed by atoms with Gasteiger partial charge >= 0.3 is 0 Å². The Hall–Kier alpha value is -0.820. The molecule has 0 bridgehead atoms. The van der Waals surface area contributed by atoms with Gasteiger partial charge in [-0.1, -0.05) is 38.1 Å². The minimum absolute atomic E-state index is 0.349. The van der Waals surface area contributed by atoms with Gasteiger partial charge in [-0.2, -0.15) is 0 Å². The number of benzene rings is 1. The second-order valence-corrected chi connectivity index (χ2v) is 4.02. The summed E-state index contributed by atoms with van der Waals surface area (Å²) >= 11 is 0. The van der Waals surface area contributed by atoms with Crippen molar-refractivity contribution in [3.05, 3.63) is 35.4 Å². The molecule has 1 heteroatoms. The Morgan fingerprint density at radius 1 is 1.50 bits per heavy atom. The second kappa shape index (κ2) is 4.14. The SMILES string of the molecule is [2H]C1([2H])CCC([2H])(c2ccccc2C(C)C)N1. The first-order valence-electron chi connectivity index (χ1n) is 6.73.